The van der Waals surface area contributed by atoms with Crippen LogP contribution in [0.2, 0.25) is 0 Å². The molecule has 4 aromatic rings. The van der Waals surface area contributed by atoms with Crippen LogP contribution in [0.3, 0.4) is 0 Å². The van der Waals surface area contributed by atoms with Crippen LogP contribution < -0.4 is 5.32 Å². The van der Waals surface area contributed by atoms with Gasteiger partial charge >= 0.3 is 0 Å². The number of nitrogens with one attached hydrogen (secondary N) is 1. The molecule has 0 fully saturated rings. The highest BCUT2D eigenvalue weighted by atomic mass is 16.4. The molecular weight excluding hydrogens is 354 g/mol. The fourth-order valence-electron chi connectivity index (χ4n) is 2.96. The predicted molar refractivity (Wildman–Crippen MR) is 104 cm³/mol. The van der Waals surface area contributed by atoms with E-state index in [4.69, 9.17) is 4.42 Å². The molecule has 3 aromatic heterocycles. The molecule has 7 nitrogen and oxygen atoms in total. The van der Waals surface area contributed by atoms with Crippen LogP contribution >= 0.6 is 0 Å². The van der Waals surface area contributed by atoms with Crippen molar-refractivity contribution in [1.29, 1.82) is 0 Å². The second-order valence-corrected chi connectivity index (χ2v) is 6.13. The molecular formula is C21H19N5O2. The first-order valence-electron chi connectivity index (χ1n) is 9.03. The standard InChI is InChI=1S/C21H19N5O2/c1-2-17-16(12-25-26(17)19-10-6-7-11-22-19)21(27)24-14-20-23-13-18(28-20)15-8-4-3-5-9-15/h3-13H,2,14H2,1H3,(H,24,27). The van der Waals surface area contributed by atoms with Crippen molar-refractivity contribution in [3.8, 4) is 17.1 Å². The lowest BCUT2D eigenvalue weighted by Gasteiger charge is -2.07. The third kappa shape index (κ3) is 3.55. The number of carbonyl (C=O) groups excluding carboxylic acids is 1. The number of amides is 1. The Labute approximate surface area is 162 Å². The minimum Gasteiger partial charge on any atom is -0.439 e. The molecule has 0 spiro atoms. The van der Waals surface area contributed by atoms with Gasteiger partial charge in [0.05, 0.1) is 30.2 Å². The second kappa shape index (κ2) is 7.87. The summed E-state index contributed by atoms with van der Waals surface area (Å²) in [6, 6.07) is 15.3. The SMILES string of the molecule is CCc1c(C(=O)NCc2ncc(-c3ccccc3)o2)cnn1-c1ccccn1. The smallest absolute Gasteiger partial charge is 0.255 e. The summed E-state index contributed by atoms with van der Waals surface area (Å²) in [4.78, 5) is 21.2. The number of carbonyl (C=O) groups is 1. The molecule has 1 aromatic carbocycles. The maximum absolute atomic E-state index is 12.7. The van der Waals surface area contributed by atoms with Crippen LogP contribution in [0, 0.1) is 0 Å². The van der Waals surface area contributed by atoms with Gasteiger partial charge in [0, 0.05) is 11.8 Å². The zero-order valence-corrected chi connectivity index (χ0v) is 15.4. The monoisotopic (exact) mass is 373 g/mol. The molecule has 0 aliphatic carbocycles. The van der Waals surface area contributed by atoms with E-state index in [2.05, 4.69) is 20.4 Å². The van der Waals surface area contributed by atoms with Crippen LogP contribution in [0.15, 0.2) is 71.5 Å². The Morgan fingerprint density at radius 2 is 1.89 bits per heavy atom. The average molecular weight is 373 g/mol. The molecule has 0 bridgehead atoms. The lowest BCUT2D eigenvalue weighted by atomic mass is 10.2. The van der Waals surface area contributed by atoms with Crippen molar-refractivity contribution in [2.75, 3.05) is 0 Å². The van der Waals surface area contributed by atoms with Crippen LogP contribution in [0.1, 0.15) is 28.9 Å². The summed E-state index contributed by atoms with van der Waals surface area (Å²) in [6.07, 6.45) is 5.57. The molecule has 1 amide bonds. The van der Waals surface area contributed by atoms with Gasteiger partial charge in [0.15, 0.2) is 11.6 Å². The number of pyridine rings is 1. The highest BCUT2D eigenvalue weighted by Gasteiger charge is 2.18. The first-order valence-corrected chi connectivity index (χ1v) is 9.03. The molecule has 0 atom stereocenters. The number of aromatic nitrogens is 4. The van der Waals surface area contributed by atoms with E-state index in [1.165, 1.54) is 0 Å². The lowest BCUT2D eigenvalue weighted by Crippen LogP contribution is -2.24. The minimum atomic E-state index is -0.224. The number of rotatable bonds is 6. The number of oxazole rings is 1. The van der Waals surface area contributed by atoms with Crippen LogP contribution in [-0.2, 0) is 13.0 Å². The van der Waals surface area contributed by atoms with Gasteiger partial charge in [-0.05, 0) is 18.6 Å². The average Bonchev–Trinajstić information content (AvgIpc) is 3.40. The van der Waals surface area contributed by atoms with Crippen LogP contribution in [0.5, 0.6) is 0 Å². The quantitative estimate of drug-likeness (QED) is 0.560. The molecule has 0 radical (unpaired) electrons. The van der Waals surface area contributed by atoms with Gasteiger partial charge in [-0.3, -0.25) is 4.79 Å². The van der Waals surface area contributed by atoms with Gasteiger partial charge in [-0.2, -0.15) is 5.10 Å². The Morgan fingerprint density at radius 1 is 1.07 bits per heavy atom. The maximum atomic E-state index is 12.7. The normalized spacial score (nSPS) is 10.8. The van der Waals surface area contributed by atoms with Crippen molar-refractivity contribution >= 4 is 5.91 Å². The topological polar surface area (TPSA) is 85.8 Å². The van der Waals surface area contributed by atoms with E-state index in [-0.39, 0.29) is 12.5 Å². The summed E-state index contributed by atoms with van der Waals surface area (Å²) in [5, 5.41) is 7.18. The third-order valence-corrected chi connectivity index (χ3v) is 4.33. The summed E-state index contributed by atoms with van der Waals surface area (Å²) >= 11 is 0. The van der Waals surface area contributed by atoms with Crippen LogP contribution in [0.25, 0.3) is 17.1 Å². The van der Waals surface area contributed by atoms with Crippen molar-refractivity contribution in [3.63, 3.8) is 0 Å². The van der Waals surface area contributed by atoms with E-state index >= 15 is 0 Å². The molecule has 0 aliphatic rings. The summed E-state index contributed by atoms with van der Waals surface area (Å²) in [5.74, 6) is 1.57. The summed E-state index contributed by atoms with van der Waals surface area (Å²) < 4.78 is 7.42. The van der Waals surface area contributed by atoms with E-state index in [1.807, 2.05) is 55.5 Å². The van der Waals surface area contributed by atoms with Gasteiger partial charge < -0.3 is 9.73 Å². The fraction of sp³-hybridized carbons (Fsp3) is 0.143. The molecule has 1 N–H and O–H groups in total. The Kier molecular flexibility index (Phi) is 4.97. The first kappa shape index (κ1) is 17.7. The van der Waals surface area contributed by atoms with E-state index in [0.717, 1.165) is 11.3 Å². The second-order valence-electron chi connectivity index (χ2n) is 6.13. The Hall–Kier alpha value is -3.74. The summed E-state index contributed by atoms with van der Waals surface area (Å²) in [5.41, 5.74) is 2.26. The van der Waals surface area contributed by atoms with Crippen LogP contribution in [-0.4, -0.2) is 25.7 Å². The Morgan fingerprint density at radius 3 is 2.64 bits per heavy atom. The van der Waals surface area contributed by atoms with E-state index in [9.17, 15) is 4.79 Å². The molecule has 0 aliphatic heterocycles. The van der Waals surface area contributed by atoms with Crippen molar-refractivity contribution in [1.82, 2.24) is 25.1 Å². The number of hydrogen-bond acceptors (Lipinski definition) is 5. The minimum absolute atomic E-state index is 0.198. The third-order valence-electron chi connectivity index (χ3n) is 4.33. The summed E-state index contributed by atoms with van der Waals surface area (Å²) in [6.45, 7) is 2.18. The van der Waals surface area contributed by atoms with E-state index in [1.54, 1.807) is 23.3 Å². The van der Waals surface area contributed by atoms with Gasteiger partial charge in [0.2, 0.25) is 5.89 Å². The molecule has 7 heteroatoms. The largest absolute Gasteiger partial charge is 0.439 e. The molecule has 4 rings (SSSR count). The van der Waals surface area contributed by atoms with Gasteiger partial charge in [-0.25, -0.2) is 14.6 Å². The lowest BCUT2D eigenvalue weighted by molar-refractivity contribution is 0.0946. The van der Waals surface area contributed by atoms with E-state index in [0.29, 0.717) is 29.5 Å². The van der Waals surface area contributed by atoms with Crippen molar-refractivity contribution < 1.29 is 9.21 Å². The number of benzene rings is 1. The fourth-order valence-corrected chi connectivity index (χ4v) is 2.96. The molecule has 0 saturated carbocycles. The molecule has 3 heterocycles. The van der Waals surface area contributed by atoms with Gasteiger partial charge in [0.1, 0.15) is 0 Å². The van der Waals surface area contributed by atoms with Gasteiger partial charge in [-0.1, -0.05) is 43.3 Å². The predicted octanol–water partition coefficient (Wildman–Crippen LogP) is 3.41. The number of nitrogens with zero attached hydrogens (tertiary/aromatic N) is 4. The first-order chi connectivity index (χ1) is 13.8. The highest BCUT2D eigenvalue weighted by Crippen LogP contribution is 2.20. The zero-order valence-electron chi connectivity index (χ0n) is 15.4. The Bertz CT molecular complexity index is 1070. The van der Waals surface area contributed by atoms with Crippen molar-refractivity contribution in [3.05, 3.63) is 84.3 Å². The maximum Gasteiger partial charge on any atom is 0.255 e. The van der Waals surface area contributed by atoms with Crippen molar-refractivity contribution in [2.45, 2.75) is 19.9 Å². The van der Waals surface area contributed by atoms with Crippen molar-refractivity contribution in [2.24, 2.45) is 0 Å². The van der Waals surface area contributed by atoms with Gasteiger partial charge in [0.25, 0.3) is 5.91 Å². The molecule has 0 saturated heterocycles. The van der Waals surface area contributed by atoms with E-state index < -0.39 is 0 Å². The molecule has 140 valence electrons. The number of hydrogen-bond donors (Lipinski definition) is 1. The summed E-state index contributed by atoms with van der Waals surface area (Å²) in [7, 11) is 0. The van der Waals surface area contributed by atoms with Gasteiger partial charge in [-0.15, -0.1) is 0 Å². The highest BCUT2D eigenvalue weighted by molar-refractivity contribution is 5.95. The molecule has 28 heavy (non-hydrogen) atoms. The molecule has 0 unspecified atom stereocenters. The Balaban J connectivity index is 1.48. The van der Waals surface area contributed by atoms with Crippen LogP contribution in [0.4, 0.5) is 0 Å². The zero-order chi connectivity index (χ0) is 19.3.